The molecule has 11 heteroatoms. The van der Waals surface area contributed by atoms with Crippen LogP contribution in [-0.2, 0) is 4.79 Å². The first kappa shape index (κ1) is 25.0. The van der Waals surface area contributed by atoms with Crippen LogP contribution in [0.1, 0.15) is 37.0 Å². The number of amides is 2. The lowest BCUT2D eigenvalue weighted by atomic mass is 10.1. The van der Waals surface area contributed by atoms with E-state index in [0.717, 1.165) is 23.5 Å². The maximum atomic E-state index is 13.2. The summed E-state index contributed by atoms with van der Waals surface area (Å²) in [4.78, 5) is 34.2. The summed E-state index contributed by atoms with van der Waals surface area (Å²) in [5.41, 5.74) is 2.38. The fraction of sp³-hybridized carbons (Fsp3) is 0.385. The Bertz CT molecular complexity index is 1380. The molecule has 5 rings (SSSR count). The molecule has 0 bridgehead atoms. The van der Waals surface area contributed by atoms with E-state index >= 15 is 0 Å². The Morgan fingerprint density at radius 3 is 2.95 bits per heavy atom. The molecule has 2 unspecified atom stereocenters. The fourth-order valence-corrected chi connectivity index (χ4v) is 5.74. The summed E-state index contributed by atoms with van der Waals surface area (Å²) in [7, 11) is 1.58. The van der Waals surface area contributed by atoms with E-state index in [0.29, 0.717) is 40.1 Å². The molecule has 5 heterocycles. The molecule has 1 saturated heterocycles. The summed E-state index contributed by atoms with van der Waals surface area (Å²) in [5.74, 6) is 0.0585. The number of hydrogen-bond acceptors (Lipinski definition) is 8. The highest BCUT2D eigenvalue weighted by Crippen LogP contribution is 2.34. The lowest BCUT2D eigenvalue weighted by Crippen LogP contribution is -2.40. The molecule has 0 spiro atoms. The number of nitrogens with zero attached hydrogens (tertiary/aromatic N) is 4. The molecule has 1 fully saturated rings. The zero-order chi connectivity index (χ0) is 25.9. The fourth-order valence-electron chi connectivity index (χ4n) is 4.66. The predicted octanol–water partition coefficient (Wildman–Crippen LogP) is 2.56. The number of methoxy groups -OCH3 is 1. The van der Waals surface area contributed by atoms with Gasteiger partial charge in [-0.1, -0.05) is 0 Å². The van der Waals surface area contributed by atoms with E-state index in [9.17, 15) is 9.59 Å². The van der Waals surface area contributed by atoms with Gasteiger partial charge in [0.2, 0.25) is 5.88 Å². The summed E-state index contributed by atoms with van der Waals surface area (Å²) in [6.45, 7) is 6.66. The van der Waals surface area contributed by atoms with Crippen molar-refractivity contribution in [3.05, 3.63) is 59.8 Å². The van der Waals surface area contributed by atoms with Crippen molar-refractivity contribution < 1.29 is 14.3 Å². The third kappa shape index (κ3) is 5.23. The van der Waals surface area contributed by atoms with Gasteiger partial charge >= 0.3 is 0 Å². The van der Waals surface area contributed by atoms with E-state index in [1.54, 1.807) is 36.3 Å². The largest absolute Gasteiger partial charge is 0.481 e. The van der Waals surface area contributed by atoms with Gasteiger partial charge in [-0.15, -0.1) is 11.3 Å². The van der Waals surface area contributed by atoms with Crippen LogP contribution in [0.5, 0.6) is 5.88 Å². The molecule has 3 N–H and O–H groups in total. The average molecular weight is 522 g/mol. The number of rotatable bonds is 8. The number of ether oxygens (including phenoxy) is 1. The van der Waals surface area contributed by atoms with Crippen molar-refractivity contribution in [3.8, 4) is 16.3 Å². The van der Waals surface area contributed by atoms with Gasteiger partial charge in [0.05, 0.1) is 40.9 Å². The summed E-state index contributed by atoms with van der Waals surface area (Å²) >= 11 is 1.43. The number of likely N-dealkylation sites (tertiary alicyclic amines) is 1. The normalized spacial score (nSPS) is 19.8. The predicted molar refractivity (Wildman–Crippen MR) is 142 cm³/mol. The van der Waals surface area contributed by atoms with E-state index in [1.165, 1.54) is 24.2 Å². The lowest BCUT2D eigenvalue weighted by Gasteiger charge is -2.23. The van der Waals surface area contributed by atoms with Gasteiger partial charge in [0.15, 0.2) is 0 Å². The van der Waals surface area contributed by atoms with E-state index in [2.05, 4.69) is 37.9 Å². The van der Waals surface area contributed by atoms with Crippen LogP contribution in [0.25, 0.3) is 15.3 Å². The summed E-state index contributed by atoms with van der Waals surface area (Å²) in [5, 5.41) is 13.5. The van der Waals surface area contributed by atoms with Crippen molar-refractivity contribution in [1.82, 2.24) is 35.4 Å². The topological polar surface area (TPSA) is 113 Å². The Morgan fingerprint density at radius 1 is 1.30 bits per heavy atom. The molecule has 37 heavy (non-hydrogen) atoms. The Morgan fingerprint density at radius 2 is 2.16 bits per heavy atom. The summed E-state index contributed by atoms with van der Waals surface area (Å²) in [6.07, 6.45) is 10.9. The van der Waals surface area contributed by atoms with Gasteiger partial charge in [0.1, 0.15) is 4.83 Å². The second-order valence-corrected chi connectivity index (χ2v) is 10.3. The maximum absolute atomic E-state index is 13.2. The van der Waals surface area contributed by atoms with Crippen LogP contribution < -0.4 is 20.7 Å². The zero-order valence-corrected chi connectivity index (χ0v) is 22.0. The van der Waals surface area contributed by atoms with Crippen LogP contribution >= 0.6 is 11.3 Å². The minimum absolute atomic E-state index is 0.157. The highest BCUT2D eigenvalue weighted by molar-refractivity contribution is 7.21. The minimum Gasteiger partial charge on any atom is -0.481 e. The highest BCUT2D eigenvalue weighted by Gasteiger charge is 2.23. The van der Waals surface area contributed by atoms with E-state index in [-0.39, 0.29) is 17.9 Å². The quantitative estimate of drug-likeness (QED) is 0.418. The Labute approximate surface area is 219 Å². The summed E-state index contributed by atoms with van der Waals surface area (Å²) < 4.78 is 7.06. The van der Waals surface area contributed by atoms with Crippen molar-refractivity contribution >= 4 is 28.0 Å². The second-order valence-electron chi connectivity index (χ2n) is 9.29. The molecule has 0 aromatic carbocycles. The first-order valence-corrected chi connectivity index (χ1v) is 13.2. The monoisotopic (exact) mass is 521 g/mol. The smallest absolute Gasteiger partial charge is 0.260 e. The van der Waals surface area contributed by atoms with E-state index in [4.69, 9.17) is 4.74 Å². The number of pyridine rings is 1. The van der Waals surface area contributed by atoms with Crippen LogP contribution in [0.4, 0.5) is 0 Å². The third-order valence-electron chi connectivity index (χ3n) is 6.83. The van der Waals surface area contributed by atoms with Gasteiger partial charge in [-0.3, -0.25) is 14.5 Å². The van der Waals surface area contributed by atoms with Gasteiger partial charge in [-0.25, -0.2) is 9.50 Å². The van der Waals surface area contributed by atoms with E-state index < -0.39 is 0 Å². The first-order chi connectivity index (χ1) is 17.9. The standard InChI is InChI=1S/C26H31N7O3S/c1-16-6-5-10-32(16)11-9-27-23(34)18-12-21(17(2)29-13-18)31-24(35)20-14-30-33-15-22(37-26(20)33)19-7-4-8-28-25(19)36-3/h4,7-8,12-17,29H,5-6,9-11H2,1-3H3,(H,27,34)(H,31,35). The zero-order valence-electron chi connectivity index (χ0n) is 21.2. The second kappa shape index (κ2) is 10.7. The Kier molecular flexibility index (Phi) is 7.24. The molecule has 3 aromatic rings. The minimum atomic E-state index is -0.286. The van der Waals surface area contributed by atoms with Gasteiger partial charge in [-0.05, 0) is 51.4 Å². The molecule has 2 amide bonds. The van der Waals surface area contributed by atoms with Gasteiger partial charge < -0.3 is 20.7 Å². The third-order valence-corrected chi connectivity index (χ3v) is 7.98. The number of aromatic nitrogens is 3. The van der Waals surface area contributed by atoms with Crippen molar-refractivity contribution in [2.24, 2.45) is 0 Å². The Hall–Kier alpha value is -3.70. The molecule has 2 aliphatic heterocycles. The molecule has 0 saturated carbocycles. The molecule has 3 aromatic heterocycles. The number of carbonyl (C=O) groups is 2. The lowest BCUT2D eigenvalue weighted by molar-refractivity contribution is -0.117. The number of fused-ring (bicyclic) bond motifs is 1. The van der Waals surface area contributed by atoms with Crippen molar-refractivity contribution in [3.63, 3.8) is 0 Å². The number of carbonyl (C=O) groups excluding carboxylic acids is 2. The molecule has 0 radical (unpaired) electrons. The molecule has 194 valence electrons. The molecular formula is C26H31N7O3S. The van der Waals surface area contributed by atoms with Crippen LogP contribution in [0.2, 0.25) is 0 Å². The number of hydrogen-bond donors (Lipinski definition) is 3. The number of thiazole rings is 1. The molecule has 0 aliphatic carbocycles. The van der Waals surface area contributed by atoms with Crippen LogP contribution in [0.3, 0.4) is 0 Å². The average Bonchev–Trinajstić information content (AvgIpc) is 3.61. The maximum Gasteiger partial charge on any atom is 0.260 e. The van der Waals surface area contributed by atoms with Crippen LogP contribution in [0.15, 0.2) is 54.3 Å². The van der Waals surface area contributed by atoms with Gasteiger partial charge in [-0.2, -0.15) is 5.10 Å². The first-order valence-electron chi connectivity index (χ1n) is 12.4. The van der Waals surface area contributed by atoms with Crippen LogP contribution in [-0.4, -0.2) is 70.1 Å². The highest BCUT2D eigenvalue weighted by atomic mass is 32.1. The SMILES string of the molecule is COc1ncccc1-c1cn2ncc(C(=O)NC3=CC(C(=O)NCCN4CCCC4C)=CNC3C)c2s1. The molecular weight excluding hydrogens is 490 g/mol. The summed E-state index contributed by atoms with van der Waals surface area (Å²) in [6, 6.07) is 4.17. The number of nitrogens with one attached hydrogen (secondary N) is 3. The van der Waals surface area contributed by atoms with Crippen molar-refractivity contribution in [2.45, 2.75) is 38.8 Å². The van der Waals surface area contributed by atoms with Gasteiger partial charge in [0.25, 0.3) is 11.8 Å². The Balaban J connectivity index is 1.27. The van der Waals surface area contributed by atoms with Gasteiger partial charge in [0, 0.05) is 43.4 Å². The van der Waals surface area contributed by atoms with Crippen LogP contribution in [0, 0.1) is 0 Å². The molecule has 2 atom stereocenters. The van der Waals surface area contributed by atoms with E-state index in [1.807, 2.05) is 25.3 Å². The van der Waals surface area contributed by atoms with Crippen molar-refractivity contribution in [1.29, 1.82) is 0 Å². The molecule has 10 nitrogen and oxygen atoms in total. The number of dihydropyridines is 1. The molecule has 2 aliphatic rings. The van der Waals surface area contributed by atoms with Crippen molar-refractivity contribution in [2.75, 3.05) is 26.7 Å².